The molecule has 172 valence electrons. The molecule has 0 fully saturated rings. The van der Waals surface area contributed by atoms with Crippen molar-refractivity contribution in [3.05, 3.63) is 47.7 Å². The van der Waals surface area contributed by atoms with E-state index in [4.69, 9.17) is 24.6 Å². The number of amides is 1. The van der Waals surface area contributed by atoms with Crippen molar-refractivity contribution in [2.45, 2.75) is 30.8 Å². The molecule has 0 aliphatic rings. The molecule has 0 saturated heterocycles. The molecule has 3 aromatic heterocycles. The van der Waals surface area contributed by atoms with Crippen LogP contribution >= 0.6 is 23.1 Å². The van der Waals surface area contributed by atoms with Crippen LogP contribution in [-0.4, -0.2) is 39.4 Å². The third kappa shape index (κ3) is 5.37. The summed E-state index contributed by atoms with van der Waals surface area (Å²) < 4.78 is 18.3. The summed E-state index contributed by atoms with van der Waals surface area (Å²) in [5.41, 5.74) is 7.22. The van der Waals surface area contributed by atoms with Crippen molar-refractivity contribution in [1.29, 1.82) is 0 Å². The Kier molecular flexibility index (Phi) is 7.30. The fourth-order valence-corrected chi connectivity index (χ4v) is 4.91. The van der Waals surface area contributed by atoms with Crippen molar-refractivity contribution < 1.29 is 18.7 Å². The summed E-state index contributed by atoms with van der Waals surface area (Å²) >= 11 is 3.05. The zero-order chi connectivity index (χ0) is 23.2. The van der Waals surface area contributed by atoms with Gasteiger partial charge in [0, 0.05) is 29.7 Å². The normalized spacial score (nSPS) is 11.0. The van der Waals surface area contributed by atoms with E-state index in [1.807, 2.05) is 35.1 Å². The van der Waals surface area contributed by atoms with Gasteiger partial charge in [0.05, 0.1) is 25.7 Å². The molecule has 0 spiro atoms. The van der Waals surface area contributed by atoms with Gasteiger partial charge >= 0.3 is 0 Å². The lowest BCUT2D eigenvalue weighted by Crippen LogP contribution is -2.15. The number of methoxy groups -OCH3 is 1. The summed E-state index contributed by atoms with van der Waals surface area (Å²) in [6.07, 6.45) is 1.75. The zero-order valence-electron chi connectivity index (χ0n) is 18.2. The molecule has 0 unspecified atom stereocenters. The lowest BCUT2D eigenvalue weighted by molar-refractivity contribution is -0.118. The molecule has 9 nitrogen and oxygen atoms in total. The Morgan fingerprint density at radius 3 is 2.88 bits per heavy atom. The van der Waals surface area contributed by atoms with Gasteiger partial charge in [-0.05, 0) is 37.3 Å². The topological polar surface area (TPSA) is 118 Å². The molecule has 4 rings (SSSR count). The molecule has 2 N–H and O–H groups in total. The fraction of sp³-hybridized carbons (Fsp3) is 0.273. The average molecular weight is 486 g/mol. The molecule has 1 aromatic carbocycles. The van der Waals surface area contributed by atoms with Gasteiger partial charge in [-0.1, -0.05) is 11.8 Å². The SMILES string of the molecule is CCOc1ccc(-c2nc(CSc3nnc(-c4ccco4)n3CCC(N)=O)cs2)cc1OC. The Labute approximate surface area is 198 Å². The standard InChI is InChI=1S/C22H23N5O4S2/c1-3-30-16-7-6-14(11-18(16)29-2)21-24-15(12-32-21)13-33-22-26-25-20(17-5-4-10-31-17)27(22)9-8-19(23)28/h4-7,10-12H,3,8-9,13H2,1-2H3,(H2,23,28). The van der Waals surface area contributed by atoms with Gasteiger partial charge in [0.25, 0.3) is 0 Å². The lowest BCUT2D eigenvalue weighted by Gasteiger charge is -2.10. The second-order valence-corrected chi connectivity index (χ2v) is 8.68. The number of primary amides is 1. The molecule has 0 aliphatic carbocycles. The second-order valence-electron chi connectivity index (χ2n) is 6.88. The number of benzene rings is 1. The van der Waals surface area contributed by atoms with Crippen molar-refractivity contribution in [2.24, 2.45) is 5.73 Å². The Morgan fingerprint density at radius 1 is 1.27 bits per heavy atom. The number of hydrogen-bond acceptors (Lipinski definition) is 9. The summed E-state index contributed by atoms with van der Waals surface area (Å²) in [6, 6.07) is 9.38. The average Bonchev–Trinajstić information content (AvgIpc) is 3.57. The van der Waals surface area contributed by atoms with Crippen LogP contribution in [0.4, 0.5) is 0 Å². The van der Waals surface area contributed by atoms with E-state index in [0.717, 1.165) is 16.3 Å². The van der Waals surface area contributed by atoms with E-state index in [0.29, 0.717) is 47.1 Å². The first-order valence-corrected chi connectivity index (χ1v) is 12.1. The van der Waals surface area contributed by atoms with Crippen LogP contribution in [0.3, 0.4) is 0 Å². The number of nitrogens with zero attached hydrogens (tertiary/aromatic N) is 4. The first kappa shape index (κ1) is 22.9. The summed E-state index contributed by atoms with van der Waals surface area (Å²) in [5.74, 6) is 2.73. The molecule has 0 saturated carbocycles. The van der Waals surface area contributed by atoms with Crippen molar-refractivity contribution in [1.82, 2.24) is 19.7 Å². The van der Waals surface area contributed by atoms with Crippen molar-refractivity contribution in [3.8, 4) is 33.7 Å². The number of nitrogens with two attached hydrogens (primary N) is 1. The first-order valence-electron chi connectivity index (χ1n) is 10.2. The number of thioether (sulfide) groups is 1. The van der Waals surface area contributed by atoms with Gasteiger partial charge < -0.3 is 19.6 Å². The van der Waals surface area contributed by atoms with Gasteiger partial charge in [-0.15, -0.1) is 21.5 Å². The molecular weight excluding hydrogens is 462 g/mol. The van der Waals surface area contributed by atoms with Crippen molar-refractivity contribution in [3.63, 3.8) is 0 Å². The van der Waals surface area contributed by atoms with Crippen LogP contribution in [0.25, 0.3) is 22.2 Å². The van der Waals surface area contributed by atoms with Gasteiger partial charge in [0.15, 0.2) is 28.2 Å². The number of carbonyl (C=O) groups excluding carboxylic acids is 1. The minimum atomic E-state index is -0.389. The molecule has 3 heterocycles. The Morgan fingerprint density at radius 2 is 2.15 bits per heavy atom. The maximum atomic E-state index is 11.3. The lowest BCUT2D eigenvalue weighted by atomic mass is 10.2. The Hall–Kier alpha value is -3.31. The highest BCUT2D eigenvalue weighted by Crippen LogP contribution is 2.35. The van der Waals surface area contributed by atoms with Crippen LogP contribution in [0.1, 0.15) is 19.0 Å². The van der Waals surface area contributed by atoms with Crippen LogP contribution in [-0.2, 0) is 17.1 Å². The van der Waals surface area contributed by atoms with Gasteiger partial charge in [-0.2, -0.15) is 0 Å². The van der Waals surface area contributed by atoms with Crippen LogP contribution in [0, 0.1) is 0 Å². The van der Waals surface area contributed by atoms with E-state index >= 15 is 0 Å². The minimum absolute atomic E-state index is 0.180. The molecule has 33 heavy (non-hydrogen) atoms. The molecule has 1 amide bonds. The molecule has 0 bridgehead atoms. The Balaban J connectivity index is 1.50. The van der Waals surface area contributed by atoms with Crippen LogP contribution < -0.4 is 15.2 Å². The number of furan rings is 1. The molecular formula is C22H23N5O4S2. The van der Waals surface area contributed by atoms with E-state index < -0.39 is 0 Å². The number of rotatable bonds is 11. The molecule has 0 aliphatic heterocycles. The van der Waals surface area contributed by atoms with E-state index in [1.165, 1.54) is 11.8 Å². The highest BCUT2D eigenvalue weighted by atomic mass is 32.2. The fourth-order valence-electron chi connectivity index (χ4n) is 3.13. The Bertz CT molecular complexity index is 1220. The smallest absolute Gasteiger partial charge is 0.219 e. The summed E-state index contributed by atoms with van der Waals surface area (Å²) in [6.45, 7) is 2.87. The van der Waals surface area contributed by atoms with E-state index in [-0.39, 0.29) is 12.3 Å². The number of aromatic nitrogens is 4. The predicted octanol–water partition coefficient (Wildman–Crippen LogP) is 4.24. The van der Waals surface area contributed by atoms with E-state index in [9.17, 15) is 4.79 Å². The summed E-state index contributed by atoms with van der Waals surface area (Å²) in [4.78, 5) is 16.1. The number of ether oxygens (including phenoxy) is 2. The molecule has 11 heteroatoms. The maximum absolute atomic E-state index is 11.3. The summed E-state index contributed by atoms with van der Waals surface area (Å²) in [5, 5.41) is 12.1. The molecule has 0 atom stereocenters. The van der Waals surface area contributed by atoms with Gasteiger partial charge in [0.1, 0.15) is 5.01 Å². The zero-order valence-corrected chi connectivity index (χ0v) is 19.8. The quantitative estimate of drug-likeness (QED) is 0.314. The molecule has 0 radical (unpaired) electrons. The van der Waals surface area contributed by atoms with Gasteiger partial charge in [0.2, 0.25) is 5.91 Å². The highest BCUT2D eigenvalue weighted by Gasteiger charge is 2.18. The summed E-state index contributed by atoms with van der Waals surface area (Å²) in [7, 11) is 1.62. The van der Waals surface area contributed by atoms with E-state index in [1.54, 1.807) is 36.8 Å². The third-order valence-corrected chi connectivity index (χ3v) is 6.59. The van der Waals surface area contributed by atoms with E-state index in [2.05, 4.69) is 10.2 Å². The number of hydrogen-bond donors (Lipinski definition) is 1. The van der Waals surface area contributed by atoms with Crippen LogP contribution in [0.15, 0.2) is 51.5 Å². The number of thiazole rings is 1. The second kappa shape index (κ2) is 10.5. The first-order chi connectivity index (χ1) is 16.1. The van der Waals surface area contributed by atoms with Gasteiger partial charge in [-0.25, -0.2) is 4.98 Å². The van der Waals surface area contributed by atoms with Crippen LogP contribution in [0.5, 0.6) is 11.5 Å². The van der Waals surface area contributed by atoms with Crippen molar-refractivity contribution >= 4 is 29.0 Å². The largest absolute Gasteiger partial charge is 0.493 e. The third-order valence-electron chi connectivity index (χ3n) is 4.65. The monoisotopic (exact) mass is 485 g/mol. The highest BCUT2D eigenvalue weighted by molar-refractivity contribution is 7.98. The number of carbonyl (C=O) groups is 1. The predicted molar refractivity (Wildman–Crippen MR) is 126 cm³/mol. The van der Waals surface area contributed by atoms with Crippen LogP contribution in [0.2, 0.25) is 0 Å². The van der Waals surface area contributed by atoms with Gasteiger partial charge in [-0.3, -0.25) is 9.36 Å². The molecule has 4 aromatic rings. The van der Waals surface area contributed by atoms with Crippen molar-refractivity contribution in [2.75, 3.05) is 13.7 Å². The minimum Gasteiger partial charge on any atom is -0.493 e. The maximum Gasteiger partial charge on any atom is 0.219 e.